The molecule has 3 aromatic rings. The average Bonchev–Trinajstić information content (AvgIpc) is 3.25. The minimum atomic E-state index is -0.399. The maximum absolute atomic E-state index is 11.6. The molecule has 0 saturated carbocycles. The molecule has 0 bridgehead atoms. The van der Waals surface area contributed by atoms with Gasteiger partial charge in [-0.1, -0.05) is 0 Å². The minimum absolute atomic E-state index is 0.296. The number of esters is 1. The number of hydrogen-bond acceptors (Lipinski definition) is 6. The fourth-order valence-electron chi connectivity index (χ4n) is 3.38. The van der Waals surface area contributed by atoms with Crippen molar-refractivity contribution in [1.29, 1.82) is 5.26 Å². The number of hydrogen-bond donors (Lipinski definition) is 1. The van der Waals surface area contributed by atoms with Crippen LogP contribution in [-0.2, 0) is 11.3 Å². The molecule has 1 aliphatic heterocycles. The molecule has 6 nitrogen and oxygen atoms in total. The van der Waals surface area contributed by atoms with Crippen LogP contribution in [0.25, 0.3) is 21.5 Å². The Bertz CT molecular complexity index is 1030. The SMILES string of the molecule is COC(=O)c1cnc(-c2cc(C#N)c3c(c2)cc2n3C(C)CNC2)s1. The first-order chi connectivity index (χ1) is 12.1. The van der Waals surface area contributed by atoms with Crippen molar-refractivity contribution in [2.45, 2.75) is 19.5 Å². The number of carbonyl (C=O) groups excluding carboxylic acids is 1. The third kappa shape index (κ3) is 2.51. The molecule has 0 fully saturated rings. The topological polar surface area (TPSA) is 79.9 Å². The van der Waals surface area contributed by atoms with Gasteiger partial charge >= 0.3 is 5.97 Å². The molecule has 1 aliphatic rings. The number of nitrogens with zero attached hydrogens (tertiary/aromatic N) is 3. The van der Waals surface area contributed by atoms with Crippen molar-refractivity contribution in [3.63, 3.8) is 0 Å². The molecule has 7 heteroatoms. The van der Waals surface area contributed by atoms with Gasteiger partial charge in [0, 0.05) is 35.8 Å². The second-order valence-electron chi connectivity index (χ2n) is 6.08. The van der Waals surface area contributed by atoms with Gasteiger partial charge in [0.2, 0.25) is 0 Å². The van der Waals surface area contributed by atoms with Gasteiger partial charge in [-0.15, -0.1) is 11.3 Å². The standard InChI is InChI=1S/C18H16N4O2S/c1-10-7-20-8-14-5-11-3-12(4-13(6-19)16(11)22(10)14)17-21-9-15(25-17)18(23)24-2/h3-5,9-10,20H,7-8H2,1-2H3. The second-order valence-corrected chi connectivity index (χ2v) is 7.11. The number of nitrogens with one attached hydrogen (secondary N) is 1. The smallest absolute Gasteiger partial charge is 0.349 e. The molecule has 0 amide bonds. The summed E-state index contributed by atoms with van der Waals surface area (Å²) < 4.78 is 6.98. The van der Waals surface area contributed by atoms with E-state index in [1.165, 1.54) is 30.3 Å². The molecule has 1 atom stereocenters. The van der Waals surface area contributed by atoms with E-state index < -0.39 is 5.97 Å². The van der Waals surface area contributed by atoms with Gasteiger partial charge in [-0.05, 0) is 25.1 Å². The highest BCUT2D eigenvalue weighted by Gasteiger charge is 2.22. The summed E-state index contributed by atoms with van der Waals surface area (Å²) >= 11 is 1.27. The summed E-state index contributed by atoms with van der Waals surface area (Å²) in [6.45, 7) is 3.83. The van der Waals surface area contributed by atoms with Crippen LogP contribution >= 0.6 is 11.3 Å². The normalized spacial score (nSPS) is 16.4. The van der Waals surface area contributed by atoms with Gasteiger partial charge in [0.15, 0.2) is 0 Å². The largest absolute Gasteiger partial charge is 0.465 e. The Balaban J connectivity index is 1.89. The van der Waals surface area contributed by atoms with Gasteiger partial charge in [0.05, 0.1) is 24.4 Å². The van der Waals surface area contributed by atoms with Crippen LogP contribution in [0.4, 0.5) is 0 Å². The predicted octanol–water partition coefficient (Wildman–Crippen LogP) is 3.09. The molecule has 0 radical (unpaired) electrons. The Kier molecular flexibility index (Phi) is 3.79. The fraction of sp³-hybridized carbons (Fsp3) is 0.278. The zero-order valence-electron chi connectivity index (χ0n) is 13.9. The number of rotatable bonds is 2. The predicted molar refractivity (Wildman–Crippen MR) is 95.5 cm³/mol. The van der Waals surface area contributed by atoms with E-state index in [0.717, 1.165) is 29.6 Å². The molecule has 0 aliphatic carbocycles. The first-order valence-electron chi connectivity index (χ1n) is 7.95. The zero-order valence-corrected chi connectivity index (χ0v) is 14.7. The van der Waals surface area contributed by atoms with Gasteiger partial charge < -0.3 is 14.6 Å². The summed E-state index contributed by atoms with van der Waals surface area (Å²) in [5.74, 6) is -0.399. The van der Waals surface area contributed by atoms with E-state index >= 15 is 0 Å². The zero-order chi connectivity index (χ0) is 17.6. The van der Waals surface area contributed by atoms with Gasteiger partial charge in [-0.25, -0.2) is 9.78 Å². The van der Waals surface area contributed by atoms with Gasteiger partial charge in [0.1, 0.15) is 16.0 Å². The highest BCUT2D eigenvalue weighted by Crippen LogP contribution is 2.34. The number of ether oxygens (including phenoxy) is 1. The number of nitriles is 1. The molecular weight excluding hydrogens is 336 g/mol. The van der Waals surface area contributed by atoms with Crippen LogP contribution in [0.1, 0.15) is 33.9 Å². The van der Waals surface area contributed by atoms with Crippen molar-refractivity contribution in [3.8, 4) is 16.6 Å². The van der Waals surface area contributed by atoms with Crippen molar-refractivity contribution in [3.05, 3.63) is 40.5 Å². The van der Waals surface area contributed by atoms with Crippen molar-refractivity contribution in [2.24, 2.45) is 0 Å². The first-order valence-corrected chi connectivity index (χ1v) is 8.77. The van der Waals surface area contributed by atoms with Crippen molar-refractivity contribution >= 4 is 28.2 Å². The van der Waals surface area contributed by atoms with E-state index in [2.05, 4.69) is 33.9 Å². The molecule has 0 spiro atoms. The van der Waals surface area contributed by atoms with Gasteiger partial charge in [-0.3, -0.25) is 0 Å². The maximum Gasteiger partial charge on any atom is 0.349 e. The average molecular weight is 352 g/mol. The highest BCUT2D eigenvalue weighted by atomic mass is 32.1. The molecule has 4 rings (SSSR count). The lowest BCUT2D eigenvalue weighted by molar-refractivity contribution is 0.0606. The number of thiazole rings is 1. The molecule has 2 aromatic heterocycles. The summed E-state index contributed by atoms with van der Waals surface area (Å²) in [6.07, 6.45) is 1.51. The molecular formula is C18H16N4O2S. The van der Waals surface area contributed by atoms with E-state index in [1.807, 2.05) is 12.1 Å². The number of aromatic nitrogens is 2. The summed E-state index contributed by atoms with van der Waals surface area (Å²) in [5, 5.41) is 14.8. The molecule has 3 heterocycles. The van der Waals surface area contributed by atoms with Crippen LogP contribution in [0.5, 0.6) is 0 Å². The van der Waals surface area contributed by atoms with Crippen molar-refractivity contribution in [2.75, 3.05) is 13.7 Å². The van der Waals surface area contributed by atoms with E-state index in [4.69, 9.17) is 4.74 Å². The van der Waals surface area contributed by atoms with Gasteiger partial charge in [-0.2, -0.15) is 5.26 Å². The Morgan fingerprint density at radius 1 is 1.48 bits per heavy atom. The lowest BCUT2D eigenvalue weighted by Gasteiger charge is -2.25. The van der Waals surface area contributed by atoms with E-state index in [0.29, 0.717) is 21.5 Å². The van der Waals surface area contributed by atoms with Crippen LogP contribution < -0.4 is 5.32 Å². The van der Waals surface area contributed by atoms with Crippen molar-refractivity contribution < 1.29 is 9.53 Å². The van der Waals surface area contributed by atoms with Crippen molar-refractivity contribution in [1.82, 2.24) is 14.9 Å². The van der Waals surface area contributed by atoms with Crippen LogP contribution in [-0.4, -0.2) is 29.2 Å². The Morgan fingerprint density at radius 2 is 2.32 bits per heavy atom. The first kappa shape index (κ1) is 15.8. The summed E-state index contributed by atoms with van der Waals surface area (Å²) in [6, 6.07) is 8.63. The molecule has 0 saturated heterocycles. The number of methoxy groups -OCH3 is 1. The molecule has 126 valence electrons. The Hall–Kier alpha value is -2.69. The summed E-state index contributed by atoms with van der Waals surface area (Å²) in [4.78, 5) is 16.4. The molecule has 1 unspecified atom stereocenters. The van der Waals surface area contributed by atoms with Gasteiger partial charge in [0.25, 0.3) is 0 Å². The maximum atomic E-state index is 11.6. The third-order valence-corrected chi connectivity index (χ3v) is 5.48. The van der Waals surface area contributed by atoms with Crippen LogP contribution in [0.3, 0.4) is 0 Å². The lowest BCUT2D eigenvalue weighted by Crippen LogP contribution is -2.31. The Morgan fingerprint density at radius 3 is 3.08 bits per heavy atom. The van der Waals surface area contributed by atoms with E-state index in [-0.39, 0.29) is 0 Å². The van der Waals surface area contributed by atoms with E-state index in [9.17, 15) is 10.1 Å². The van der Waals surface area contributed by atoms with E-state index in [1.54, 1.807) is 0 Å². The minimum Gasteiger partial charge on any atom is -0.465 e. The highest BCUT2D eigenvalue weighted by molar-refractivity contribution is 7.16. The fourth-order valence-corrected chi connectivity index (χ4v) is 4.20. The monoisotopic (exact) mass is 352 g/mol. The Labute approximate surface area is 148 Å². The molecule has 1 aromatic carbocycles. The molecule has 1 N–H and O–H groups in total. The number of benzene rings is 1. The van der Waals surface area contributed by atoms with Crippen LogP contribution in [0.2, 0.25) is 0 Å². The summed E-state index contributed by atoms with van der Waals surface area (Å²) in [5.41, 5.74) is 3.62. The van der Waals surface area contributed by atoms with Crippen LogP contribution in [0, 0.1) is 11.3 Å². The quantitative estimate of drug-likeness (QED) is 0.717. The lowest BCUT2D eigenvalue weighted by atomic mass is 10.1. The second kappa shape index (κ2) is 5.99. The number of carbonyl (C=O) groups is 1. The summed E-state index contributed by atoms with van der Waals surface area (Å²) in [7, 11) is 1.35. The third-order valence-electron chi connectivity index (χ3n) is 4.46. The van der Waals surface area contributed by atoms with Crippen LogP contribution in [0.15, 0.2) is 24.4 Å². The molecule has 25 heavy (non-hydrogen) atoms. The number of fused-ring (bicyclic) bond motifs is 3.